The Hall–Kier alpha value is -1.84. The molecular formula is C10H11FN4O4. The molecule has 0 radical (unpaired) electrons. The first kappa shape index (κ1) is 12.2. The van der Waals surface area contributed by atoms with E-state index >= 15 is 0 Å². The van der Waals surface area contributed by atoms with Crippen molar-refractivity contribution in [1.82, 2.24) is 19.5 Å². The van der Waals surface area contributed by atoms with Crippen molar-refractivity contribution in [3.8, 4) is 5.88 Å². The van der Waals surface area contributed by atoms with Gasteiger partial charge in [-0.2, -0.15) is 4.98 Å². The van der Waals surface area contributed by atoms with Crippen molar-refractivity contribution < 1.29 is 24.4 Å². The van der Waals surface area contributed by atoms with Gasteiger partial charge in [0, 0.05) is 0 Å². The molecule has 8 nitrogen and oxygen atoms in total. The Labute approximate surface area is 106 Å². The molecule has 9 heteroatoms. The van der Waals surface area contributed by atoms with E-state index in [-0.39, 0.29) is 17.0 Å². The van der Waals surface area contributed by atoms with E-state index in [4.69, 9.17) is 9.84 Å². The van der Waals surface area contributed by atoms with Crippen LogP contribution in [0.25, 0.3) is 11.2 Å². The first-order valence-corrected chi connectivity index (χ1v) is 5.58. The van der Waals surface area contributed by atoms with E-state index in [1.165, 1.54) is 10.9 Å². The molecule has 1 fully saturated rings. The zero-order valence-corrected chi connectivity index (χ0v) is 9.59. The lowest BCUT2D eigenvalue weighted by Gasteiger charge is -2.15. The summed E-state index contributed by atoms with van der Waals surface area (Å²) >= 11 is 0. The van der Waals surface area contributed by atoms with Crippen LogP contribution in [0.15, 0.2) is 12.7 Å². The van der Waals surface area contributed by atoms with Crippen LogP contribution in [-0.4, -0.2) is 59.8 Å². The van der Waals surface area contributed by atoms with Crippen LogP contribution in [0.1, 0.15) is 6.23 Å². The fourth-order valence-corrected chi connectivity index (χ4v) is 2.11. The third kappa shape index (κ3) is 1.74. The number of aliphatic hydroxyl groups is 2. The lowest BCUT2D eigenvalue weighted by atomic mass is 10.1. The van der Waals surface area contributed by atoms with Gasteiger partial charge in [0.1, 0.15) is 18.5 Å². The molecule has 0 saturated carbocycles. The predicted octanol–water partition coefficient (Wildman–Crippen LogP) is -0.879. The fraction of sp³-hybridized carbons (Fsp3) is 0.500. The summed E-state index contributed by atoms with van der Waals surface area (Å²) in [6, 6.07) is 0. The Bertz CT molecular complexity index is 606. The van der Waals surface area contributed by atoms with Crippen molar-refractivity contribution in [1.29, 1.82) is 0 Å². The van der Waals surface area contributed by atoms with Crippen molar-refractivity contribution in [2.75, 3.05) is 6.61 Å². The van der Waals surface area contributed by atoms with Gasteiger partial charge in [0.2, 0.25) is 5.88 Å². The van der Waals surface area contributed by atoms with Crippen LogP contribution in [0, 0.1) is 0 Å². The quantitative estimate of drug-likeness (QED) is 0.649. The van der Waals surface area contributed by atoms with Gasteiger partial charge in [-0.15, -0.1) is 0 Å². The molecule has 0 aromatic carbocycles. The van der Waals surface area contributed by atoms with E-state index in [9.17, 15) is 14.6 Å². The summed E-state index contributed by atoms with van der Waals surface area (Å²) in [6.07, 6.45) is -2.94. The van der Waals surface area contributed by atoms with E-state index in [1.54, 1.807) is 0 Å². The minimum absolute atomic E-state index is 0.126. The number of aliphatic hydroxyl groups excluding tert-OH is 2. The maximum Gasteiger partial charge on any atom is 0.242 e. The molecule has 19 heavy (non-hydrogen) atoms. The van der Waals surface area contributed by atoms with Crippen LogP contribution < -0.4 is 0 Å². The van der Waals surface area contributed by atoms with Crippen molar-refractivity contribution in [3.63, 3.8) is 0 Å². The molecule has 0 aliphatic carbocycles. The molecule has 2 aromatic heterocycles. The van der Waals surface area contributed by atoms with Crippen LogP contribution in [0.4, 0.5) is 4.39 Å². The Kier molecular flexibility index (Phi) is 2.81. The van der Waals surface area contributed by atoms with Crippen molar-refractivity contribution >= 4 is 11.2 Å². The summed E-state index contributed by atoms with van der Waals surface area (Å²) in [5.41, 5.74) is 0.337. The zero-order valence-electron chi connectivity index (χ0n) is 9.59. The average molecular weight is 270 g/mol. The topological polar surface area (TPSA) is 114 Å². The van der Waals surface area contributed by atoms with E-state index in [1.807, 2.05) is 0 Å². The third-order valence-electron chi connectivity index (χ3n) is 3.08. The molecule has 102 valence electrons. The van der Waals surface area contributed by atoms with Crippen LogP contribution >= 0.6 is 0 Å². The first-order chi connectivity index (χ1) is 9.13. The van der Waals surface area contributed by atoms with Gasteiger partial charge in [-0.3, -0.25) is 4.57 Å². The largest absolute Gasteiger partial charge is 0.492 e. The summed E-state index contributed by atoms with van der Waals surface area (Å²) < 4.78 is 20.2. The highest BCUT2D eigenvalue weighted by Gasteiger charge is 2.45. The number of alkyl halides is 1. The monoisotopic (exact) mass is 270 g/mol. The summed E-state index contributed by atoms with van der Waals surface area (Å²) in [6.45, 7) is -0.540. The number of hydrogen-bond donors (Lipinski definition) is 3. The number of ether oxygens (including phenoxy) is 1. The second kappa shape index (κ2) is 4.37. The molecule has 0 bridgehead atoms. The highest BCUT2D eigenvalue weighted by Crippen LogP contribution is 2.33. The van der Waals surface area contributed by atoms with Gasteiger partial charge in [-0.25, -0.2) is 14.4 Å². The van der Waals surface area contributed by atoms with E-state index in [0.29, 0.717) is 0 Å². The highest BCUT2D eigenvalue weighted by molar-refractivity contribution is 5.75. The number of aromatic nitrogens is 4. The molecule has 0 amide bonds. The second-order valence-corrected chi connectivity index (χ2v) is 4.20. The SMILES string of the molecule is OC[C@H]1O[C@@H](n2cnc3c(O)ncnc32)[C@H](O)C1F. The van der Waals surface area contributed by atoms with Gasteiger partial charge in [-0.05, 0) is 0 Å². The minimum atomic E-state index is -1.71. The maximum absolute atomic E-state index is 13.7. The normalized spacial score (nSPS) is 31.1. The first-order valence-electron chi connectivity index (χ1n) is 5.58. The molecule has 1 aliphatic rings. The number of imidazole rings is 1. The van der Waals surface area contributed by atoms with Crippen LogP contribution in [0.3, 0.4) is 0 Å². The predicted molar refractivity (Wildman–Crippen MR) is 58.9 cm³/mol. The number of rotatable bonds is 2. The van der Waals surface area contributed by atoms with Crippen LogP contribution in [-0.2, 0) is 4.74 Å². The fourth-order valence-electron chi connectivity index (χ4n) is 2.11. The summed E-state index contributed by atoms with van der Waals surface area (Å²) in [5.74, 6) is -0.313. The molecule has 4 atom stereocenters. The maximum atomic E-state index is 13.7. The molecule has 3 heterocycles. The molecule has 1 saturated heterocycles. The molecule has 0 spiro atoms. The Morgan fingerprint density at radius 3 is 2.84 bits per heavy atom. The Morgan fingerprint density at radius 2 is 2.16 bits per heavy atom. The van der Waals surface area contributed by atoms with Gasteiger partial charge in [0.25, 0.3) is 0 Å². The summed E-state index contributed by atoms with van der Waals surface area (Å²) in [7, 11) is 0. The third-order valence-corrected chi connectivity index (χ3v) is 3.08. The van der Waals surface area contributed by atoms with Crippen LogP contribution in [0.2, 0.25) is 0 Å². The standard InChI is InChI=1S/C10H11FN4O4/c11-5-4(1-16)19-10(7(5)17)15-3-14-6-8(15)12-2-13-9(6)18/h2-5,7,10,16-17H,1H2,(H,12,13,18)/t4-,5?,7-,10-/m1/s1. The van der Waals surface area contributed by atoms with Crippen LogP contribution in [0.5, 0.6) is 5.88 Å². The minimum Gasteiger partial charge on any atom is -0.492 e. The molecule has 3 rings (SSSR count). The van der Waals surface area contributed by atoms with Crippen molar-refractivity contribution in [3.05, 3.63) is 12.7 Å². The molecular weight excluding hydrogens is 259 g/mol. The van der Waals surface area contributed by atoms with Gasteiger partial charge < -0.3 is 20.1 Å². The molecule has 1 aliphatic heterocycles. The van der Waals surface area contributed by atoms with Gasteiger partial charge in [0.15, 0.2) is 23.6 Å². The van der Waals surface area contributed by atoms with E-state index in [2.05, 4.69) is 15.0 Å². The number of hydrogen-bond acceptors (Lipinski definition) is 7. The number of aromatic hydroxyl groups is 1. The Balaban J connectivity index is 2.04. The number of halogens is 1. The zero-order chi connectivity index (χ0) is 13.6. The average Bonchev–Trinajstić information content (AvgIpc) is 2.94. The lowest BCUT2D eigenvalue weighted by Crippen LogP contribution is -2.29. The highest BCUT2D eigenvalue weighted by atomic mass is 19.1. The Morgan fingerprint density at radius 1 is 1.37 bits per heavy atom. The smallest absolute Gasteiger partial charge is 0.242 e. The lowest BCUT2D eigenvalue weighted by molar-refractivity contribution is -0.0495. The molecule has 1 unspecified atom stereocenters. The van der Waals surface area contributed by atoms with E-state index < -0.39 is 31.2 Å². The van der Waals surface area contributed by atoms with Gasteiger partial charge in [-0.1, -0.05) is 0 Å². The summed E-state index contributed by atoms with van der Waals surface area (Å²) in [4.78, 5) is 11.4. The number of nitrogens with zero attached hydrogens (tertiary/aromatic N) is 4. The molecule has 3 N–H and O–H groups in total. The number of fused-ring (bicyclic) bond motifs is 1. The van der Waals surface area contributed by atoms with E-state index in [0.717, 1.165) is 6.33 Å². The second-order valence-electron chi connectivity index (χ2n) is 4.20. The van der Waals surface area contributed by atoms with Crippen molar-refractivity contribution in [2.45, 2.75) is 24.6 Å². The van der Waals surface area contributed by atoms with Gasteiger partial charge in [0.05, 0.1) is 12.9 Å². The van der Waals surface area contributed by atoms with Crippen molar-refractivity contribution in [2.24, 2.45) is 0 Å². The molecule has 2 aromatic rings. The van der Waals surface area contributed by atoms with Gasteiger partial charge >= 0.3 is 0 Å². The summed E-state index contributed by atoms with van der Waals surface area (Å²) in [5, 5.41) is 28.3.